The van der Waals surface area contributed by atoms with Gasteiger partial charge in [0.2, 0.25) is 16.0 Å². The molecule has 2 heterocycles. The van der Waals surface area contributed by atoms with Crippen LogP contribution in [0.15, 0.2) is 54.6 Å². The molecule has 2 aromatic carbocycles. The van der Waals surface area contributed by atoms with Crippen LogP contribution in [0, 0.1) is 0 Å². The van der Waals surface area contributed by atoms with Gasteiger partial charge in [0.1, 0.15) is 5.82 Å². The van der Waals surface area contributed by atoms with E-state index in [2.05, 4.69) is 25.7 Å². The fourth-order valence-electron chi connectivity index (χ4n) is 3.28. The predicted octanol–water partition coefficient (Wildman–Crippen LogP) is 3.38. The number of rotatable bonds is 5. The Labute approximate surface area is 202 Å². The Hall–Kier alpha value is -4.19. The van der Waals surface area contributed by atoms with Gasteiger partial charge < -0.3 is 4.98 Å². The first kappa shape index (κ1) is 24.0. The Morgan fingerprint density at radius 2 is 1.69 bits per heavy atom. The predicted molar refractivity (Wildman–Crippen MR) is 133 cm³/mol. The highest BCUT2D eigenvalue weighted by molar-refractivity contribution is 7.89. The lowest BCUT2D eigenvalue weighted by molar-refractivity contribution is 0.0981. The quantitative estimate of drug-likeness (QED) is 0.333. The van der Waals surface area contributed by atoms with Crippen molar-refractivity contribution in [2.45, 2.75) is 26.2 Å². The molecule has 0 aliphatic carbocycles. The number of hydrogen-bond donors (Lipinski definition) is 4. The van der Waals surface area contributed by atoms with Crippen molar-refractivity contribution in [3.8, 4) is 5.69 Å². The molecule has 182 valence electrons. The number of benzene rings is 2. The first-order valence-corrected chi connectivity index (χ1v) is 12.5. The molecule has 0 saturated heterocycles. The third kappa shape index (κ3) is 5.66. The van der Waals surface area contributed by atoms with Crippen LogP contribution < -0.4 is 15.4 Å². The number of carbonyl (C=O) groups excluding carboxylic acids is 2. The third-order valence-electron chi connectivity index (χ3n) is 4.99. The molecule has 0 spiro atoms. The Kier molecular flexibility index (Phi) is 6.07. The molecule has 12 heteroatoms. The van der Waals surface area contributed by atoms with Crippen molar-refractivity contribution in [2.75, 3.05) is 16.9 Å². The van der Waals surface area contributed by atoms with E-state index in [1.165, 1.54) is 16.8 Å². The van der Waals surface area contributed by atoms with E-state index in [0.29, 0.717) is 17.5 Å². The molecule has 0 radical (unpaired) electrons. The van der Waals surface area contributed by atoms with E-state index in [0.717, 1.165) is 23.0 Å². The number of nitrogens with zero attached hydrogens (tertiary/aromatic N) is 3. The van der Waals surface area contributed by atoms with Crippen molar-refractivity contribution in [1.82, 2.24) is 24.5 Å². The Morgan fingerprint density at radius 1 is 1.00 bits per heavy atom. The second kappa shape index (κ2) is 8.87. The van der Waals surface area contributed by atoms with Gasteiger partial charge >= 0.3 is 6.03 Å². The first-order chi connectivity index (χ1) is 16.4. The minimum atomic E-state index is -3.68. The Balaban J connectivity index is 1.59. The van der Waals surface area contributed by atoms with Crippen molar-refractivity contribution in [2.24, 2.45) is 0 Å². The molecule has 0 unspecified atom stereocenters. The standard InChI is InChI=1S/C23H25N7O4S/c1-23(2,3)18-13-19(26-22(32)27-21-24-16-7-5-6-8-17(16)25-21)30(28-18)15-11-9-14(10-12-15)20(31)29-35(4,33)34/h5-13H,1-4H3,(H,29,31)(H3,24,25,26,27,32). The number of imidazole rings is 1. The van der Waals surface area contributed by atoms with E-state index in [1.54, 1.807) is 18.2 Å². The number of anilines is 2. The van der Waals surface area contributed by atoms with E-state index in [4.69, 9.17) is 0 Å². The summed E-state index contributed by atoms with van der Waals surface area (Å²) in [5, 5.41) is 10.1. The average Bonchev–Trinajstić information content (AvgIpc) is 3.36. The topological polar surface area (TPSA) is 151 Å². The van der Waals surface area contributed by atoms with Crippen molar-refractivity contribution >= 4 is 44.8 Å². The highest BCUT2D eigenvalue weighted by Gasteiger charge is 2.22. The van der Waals surface area contributed by atoms with Gasteiger partial charge in [0.25, 0.3) is 5.91 Å². The van der Waals surface area contributed by atoms with Crippen LogP contribution in [0.1, 0.15) is 36.8 Å². The lowest BCUT2D eigenvalue weighted by Crippen LogP contribution is -2.29. The summed E-state index contributed by atoms with van der Waals surface area (Å²) in [5.41, 5.74) is 2.68. The van der Waals surface area contributed by atoms with E-state index in [9.17, 15) is 18.0 Å². The van der Waals surface area contributed by atoms with Gasteiger partial charge in [-0.25, -0.2) is 27.6 Å². The SMILES string of the molecule is CC(C)(C)c1cc(NC(=O)Nc2nc3ccccc3[nH]2)n(-c2ccc(C(=O)NS(C)(=O)=O)cc2)n1. The van der Waals surface area contributed by atoms with Gasteiger partial charge in [0, 0.05) is 17.0 Å². The monoisotopic (exact) mass is 495 g/mol. The van der Waals surface area contributed by atoms with Crippen molar-refractivity contribution in [3.05, 3.63) is 65.9 Å². The van der Waals surface area contributed by atoms with Gasteiger partial charge in [-0.3, -0.25) is 15.4 Å². The Morgan fingerprint density at radius 3 is 2.31 bits per heavy atom. The summed E-state index contributed by atoms with van der Waals surface area (Å²) < 4.78 is 26.1. The zero-order valence-electron chi connectivity index (χ0n) is 19.6. The number of H-pyrrole nitrogens is 1. The highest BCUT2D eigenvalue weighted by Crippen LogP contribution is 2.26. The number of aromatic amines is 1. The maximum absolute atomic E-state index is 12.7. The number of fused-ring (bicyclic) bond motifs is 1. The molecular weight excluding hydrogens is 470 g/mol. The number of hydrogen-bond acceptors (Lipinski definition) is 6. The summed E-state index contributed by atoms with van der Waals surface area (Å²) in [5.74, 6) is -0.0395. The van der Waals surface area contributed by atoms with Crippen LogP contribution in [0.3, 0.4) is 0 Å². The van der Waals surface area contributed by atoms with E-state index < -0.39 is 22.0 Å². The molecular formula is C23H25N7O4S. The molecule has 35 heavy (non-hydrogen) atoms. The smallest absolute Gasteiger partial charge is 0.324 e. The lowest BCUT2D eigenvalue weighted by Gasteiger charge is -2.14. The number of aromatic nitrogens is 4. The van der Waals surface area contributed by atoms with Crippen molar-refractivity contribution in [1.29, 1.82) is 0 Å². The maximum atomic E-state index is 12.7. The van der Waals surface area contributed by atoms with Gasteiger partial charge in [0.15, 0.2) is 0 Å². The molecule has 0 fully saturated rings. The van der Waals surface area contributed by atoms with Crippen LogP contribution in [-0.2, 0) is 15.4 Å². The lowest BCUT2D eigenvalue weighted by atomic mass is 9.92. The molecule has 0 aliphatic heterocycles. The molecule has 3 amide bonds. The summed E-state index contributed by atoms with van der Waals surface area (Å²) in [6.45, 7) is 5.99. The molecule has 0 saturated carbocycles. The van der Waals surface area contributed by atoms with E-state index in [-0.39, 0.29) is 11.0 Å². The number of carbonyl (C=O) groups is 2. The molecule has 2 aromatic heterocycles. The number of para-hydroxylation sites is 2. The third-order valence-corrected chi connectivity index (χ3v) is 5.55. The highest BCUT2D eigenvalue weighted by atomic mass is 32.2. The minimum absolute atomic E-state index is 0.166. The van der Waals surface area contributed by atoms with Gasteiger partial charge in [-0.2, -0.15) is 5.10 Å². The largest absolute Gasteiger partial charge is 0.327 e. The first-order valence-electron chi connectivity index (χ1n) is 10.6. The zero-order chi connectivity index (χ0) is 25.4. The molecule has 11 nitrogen and oxygen atoms in total. The second-order valence-corrected chi connectivity index (χ2v) is 10.8. The zero-order valence-corrected chi connectivity index (χ0v) is 20.4. The summed E-state index contributed by atoms with van der Waals surface area (Å²) in [7, 11) is -3.68. The summed E-state index contributed by atoms with van der Waals surface area (Å²) in [6.07, 6.45) is 0.908. The number of nitrogens with one attached hydrogen (secondary N) is 4. The van der Waals surface area contributed by atoms with Gasteiger partial charge in [0.05, 0.1) is 28.7 Å². The molecule has 0 aliphatic rings. The number of sulfonamides is 1. The van der Waals surface area contributed by atoms with Crippen molar-refractivity contribution in [3.63, 3.8) is 0 Å². The van der Waals surface area contributed by atoms with Gasteiger partial charge in [-0.1, -0.05) is 32.9 Å². The van der Waals surface area contributed by atoms with Crippen molar-refractivity contribution < 1.29 is 18.0 Å². The fourth-order valence-corrected chi connectivity index (χ4v) is 3.74. The van der Waals surface area contributed by atoms with Crippen LogP contribution in [-0.4, -0.2) is 46.4 Å². The fraction of sp³-hybridized carbons (Fsp3) is 0.217. The second-order valence-electron chi connectivity index (χ2n) is 9.01. The van der Waals surface area contributed by atoms with E-state index >= 15 is 0 Å². The van der Waals surface area contributed by atoms with Crippen LogP contribution in [0.25, 0.3) is 16.7 Å². The summed E-state index contributed by atoms with van der Waals surface area (Å²) in [6, 6.07) is 14.8. The summed E-state index contributed by atoms with van der Waals surface area (Å²) in [4.78, 5) is 32.2. The molecule has 4 aromatic rings. The summed E-state index contributed by atoms with van der Waals surface area (Å²) >= 11 is 0. The number of amides is 3. The maximum Gasteiger partial charge on any atom is 0.327 e. The Bertz CT molecular complexity index is 1480. The average molecular weight is 496 g/mol. The van der Waals surface area contributed by atoms with Crippen LogP contribution in [0.4, 0.5) is 16.6 Å². The molecule has 4 N–H and O–H groups in total. The van der Waals surface area contributed by atoms with E-state index in [1.807, 2.05) is 49.8 Å². The minimum Gasteiger partial charge on any atom is -0.324 e. The van der Waals surface area contributed by atoms with Gasteiger partial charge in [-0.15, -0.1) is 0 Å². The van der Waals surface area contributed by atoms with Gasteiger partial charge in [-0.05, 0) is 36.4 Å². The number of urea groups is 1. The molecule has 0 atom stereocenters. The van der Waals surface area contributed by atoms with Crippen LogP contribution >= 0.6 is 0 Å². The van der Waals surface area contributed by atoms with Crippen LogP contribution in [0.2, 0.25) is 0 Å². The molecule has 4 rings (SSSR count). The normalized spacial score (nSPS) is 11.9. The molecule has 0 bridgehead atoms. The van der Waals surface area contributed by atoms with Crippen LogP contribution in [0.5, 0.6) is 0 Å².